The molecule has 0 saturated heterocycles. The van der Waals surface area contributed by atoms with Crippen LogP contribution in [-0.4, -0.2) is 13.9 Å². The third-order valence-corrected chi connectivity index (χ3v) is 4.36. The van der Waals surface area contributed by atoms with Gasteiger partial charge in [-0.05, 0) is 24.4 Å². The fraction of sp³-hybridized carbons (Fsp3) is 0.250. The van der Waals surface area contributed by atoms with Crippen LogP contribution in [-0.2, 0) is 10.9 Å². The predicted octanol–water partition coefficient (Wildman–Crippen LogP) is 3.63. The van der Waals surface area contributed by atoms with Gasteiger partial charge in [0.2, 0.25) is 0 Å². The Morgan fingerprint density at radius 1 is 1.05 bits per heavy atom. The minimum atomic E-state index is -4.36. The maximum absolute atomic E-state index is 13.2. The van der Waals surface area contributed by atoms with Crippen LogP contribution in [0.3, 0.4) is 0 Å². The number of hydrogen-bond acceptors (Lipinski definition) is 2. The molecule has 0 aliphatic heterocycles. The molecule has 0 bridgehead atoms. The number of rotatable bonds is 5. The molecule has 0 N–H and O–H groups in total. The van der Waals surface area contributed by atoms with Crippen LogP contribution in [0.4, 0.5) is 13.2 Å². The first kappa shape index (κ1) is 16.8. The van der Waals surface area contributed by atoms with Gasteiger partial charge in [-0.1, -0.05) is 44.5 Å². The Morgan fingerprint density at radius 3 is 2.45 bits per heavy atom. The van der Waals surface area contributed by atoms with E-state index in [0.717, 1.165) is 0 Å². The molecule has 0 aliphatic rings. The van der Waals surface area contributed by atoms with Gasteiger partial charge in [-0.25, -0.2) is 0 Å². The van der Waals surface area contributed by atoms with Gasteiger partial charge >= 0.3 is 6.18 Å². The second-order valence-electron chi connectivity index (χ2n) is 4.72. The lowest BCUT2D eigenvalue weighted by molar-refractivity contribution is -0.136. The van der Waals surface area contributed by atoms with Crippen LogP contribution in [0, 0.1) is 6.92 Å². The molecule has 0 radical (unpaired) electrons. The third-order valence-electron chi connectivity index (χ3n) is 2.97. The lowest BCUT2D eigenvalue weighted by Crippen LogP contribution is -2.19. The molecule has 118 valence electrons. The Morgan fingerprint density at radius 2 is 1.77 bits per heavy atom. The number of benzene rings is 2. The molecule has 0 spiro atoms. The van der Waals surface area contributed by atoms with Crippen LogP contribution in [0.25, 0.3) is 0 Å². The Bertz CT molecular complexity index is 642. The number of aryl methyl sites for hydroxylation is 1. The van der Waals surface area contributed by atoms with Gasteiger partial charge in [-0.3, -0.25) is 0 Å². The van der Waals surface area contributed by atoms with E-state index in [4.69, 9.17) is 9.47 Å². The molecule has 22 heavy (non-hydrogen) atoms. The quantitative estimate of drug-likeness (QED) is 0.616. The average molecular weight is 328 g/mol. The van der Waals surface area contributed by atoms with Crippen molar-refractivity contribution < 1.29 is 22.6 Å². The van der Waals surface area contributed by atoms with E-state index in [0.29, 0.717) is 16.6 Å². The third kappa shape index (κ3) is 4.21. The van der Waals surface area contributed by atoms with Crippen LogP contribution in [0.1, 0.15) is 11.1 Å². The van der Waals surface area contributed by atoms with Crippen molar-refractivity contribution >= 4 is 19.2 Å². The molecule has 0 amide bonds. The van der Waals surface area contributed by atoms with Crippen LogP contribution in [0.5, 0.6) is 5.75 Å². The molecule has 0 heterocycles. The summed E-state index contributed by atoms with van der Waals surface area (Å²) in [5.74, 6) is 0.538. The van der Waals surface area contributed by atoms with Gasteiger partial charge in [0.1, 0.15) is 5.75 Å². The Kier molecular flexibility index (Phi) is 5.43. The molecule has 6 heteroatoms. The van der Waals surface area contributed by atoms with Crippen LogP contribution in [0.15, 0.2) is 42.5 Å². The number of para-hydroxylation sites is 1. The highest BCUT2D eigenvalue weighted by Gasteiger charge is 2.33. The summed E-state index contributed by atoms with van der Waals surface area (Å²) in [7, 11) is 1.35. The minimum Gasteiger partial charge on any atom is -0.467 e. The first-order chi connectivity index (χ1) is 10.4. The highest BCUT2D eigenvalue weighted by atomic mass is 31.1. The van der Waals surface area contributed by atoms with E-state index >= 15 is 0 Å². The molecule has 0 aliphatic carbocycles. The summed E-state index contributed by atoms with van der Waals surface area (Å²) in [5, 5.41) is 0.973. The lowest BCUT2D eigenvalue weighted by Gasteiger charge is -2.15. The highest BCUT2D eigenvalue weighted by molar-refractivity contribution is 7.55. The van der Waals surface area contributed by atoms with E-state index in [1.807, 2.05) is 0 Å². The first-order valence-electron chi connectivity index (χ1n) is 6.57. The largest absolute Gasteiger partial charge is 0.467 e. The highest BCUT2D eigenvalue weighted by Crippen LogP contribution is 2.32. The monoisotopic (exact) mass is 328 g/mol. The van der Waals surface area contributed by atoms with Crippen molar-refractivity contribution in [1.82, 2.24) is 0 Å². The van der Waals surface area contributed by atoms with Gasteiger partial charge in [0.25, 0.3) is 0 Å². The van der Waals surface area contributed by atoms with E-state index < -0.39 is 11.7 Å². The zero-order valence-corrected chi connectivity index (χ0v) is 13.2. The van der Waals surface area contributed by atoms with Crippen molar-refractivity contribution in [3.63, 3.8) is 0 Å². The van der Waals surface area contributed by atoms with Gasteiger partial charge in [-0.2, -0.15) is 13.2 Å². The molecule has 2 rings (SSSR count). The van der Waals surface area contributed by atoms with Crippen molar-refractivity contribution in [1.29, 1.82) is 0 Å². The average Bonchev–Trinajstić information content (AvgIpc) is 2.47. The normalized spacial score (nSPS) is 12.0. The maximum Gasteiger partial charge on any atom is 0.417 e. The Balaban J connectivity index is 2.36. The Hall–Kier alpha value is -1.58. The molecular formula is C16H16F3O2P. The smallest absolute Gasteiger partial charge is 0.417 e. The van der Waals surface area contributed by atoms with Crippen LogP contribution in [0.2, 0.25) is 0 Å². The number of ether oxygens (including phenoxy) is 2. The molecule has 2 aromatic rings. The van der Waals surface area contributed by atoms with Crippen molar-refractivity contribution in [3.8, 4) is 5.75 Å². The van der Waals surface area contributed by atoms with Crippen molar-refractivity contribution in [2.75, 3.05) is 13.9 Å². The Labute approximate surface area is 129 Å². The first-order valence-corrected chi connectivity index (χ1v) is 7.57. The van der Waals surface area contributed by atoms with Crippen molar-refractivity contribution in [2.24, 2.45) is 0 Å². The number of methoxy groups -OCH3 is 1. The SMILES string of the molecule is COCOc1ccccc1Pc1ccc(C)cc1C(F)(F)F. The van der Waals surface area contributed by atoms with E-state index in [-0.39, 0.29) is 20.7 Å². The predicted molar refractivity (Wildman–Crippen MR) is 82.7 cm³/mol. The summed E-state index contributed by atoms with van der Waals surface area (Å²) < 4.78 is 49.8. The van der Waals surface area contributed by atoms with E-state index in [1.165, 1.54) is 19.2 Å². The molecule has 2 aromatic carbocycles. The molecule has 1 atom stereocenters. The van der Waals surface area contributed by atoms with E-state index in [9.17, 15) is 13.2 Å². The summed E-state index contributed by atoms with van der Waals surface area (Å²) in [6.45, 7) is 1.71. The zero-order chi connectivity index (χ0) is 16.2. The van der Waals surface area contributed by atoms with Crippen LogP contribution >= 0.6 is 8.58 Å². The summed E-state index contributed by atoms with van der Waals surface area (Å²) in [5.41, 5.74) is -0.00262. The van der Waals surface area contributed by atoms with Gasteiger partial charge in [0.15, 0.2) is 6.79 Å². The fourth-order valence-corrected chi connectivity index (χ4v) is 3.23. The second-order valence-corrected chi connectivity index (χ2v) is 6.05. The van der Waals surface area contributed by atoms with Gasteiger partial charge in [0, 0.05) is 12.4 Å². The van der Waals surface area contributed by atoms with Gasteiger partial charge < -0.3 is 9.47 Å². The van der Waals surface area contributed by atoms with Crippen molar-refractivity contribution in [2.45, 2.75) is 13.1 Å². The van der Waals surface area contributed by atoms with Crippen molar-refractivity contribution in [3.05, 3.63) is 53.6 Å². The molecule has 0 saturated carbocycles. The molecular weight excluding hydrogens is 312 g/mol. The number of hydrogen-bond donors (Lipinski definition) is 0. The van der Waals surface area contributed by atoms with Gasteiger partial charge in [0.05, 0.1) is 5.56 Å². The number of alkyl halides is 3. The fourth-order valence-electron chi connectivity index (χ4n) is 1.96. The molecule has 1 unspecified atom stereocenters. The lowest BCUT2D eigenvalue weighted by atomic mass is 10.1. The number of halogens is 3. The van der Waals surface area contributed by atoms with E-state index in [1.54, 1.807) is 37.3 Å². The topological polar surface area (TPSA) is 18.5 Å². The zero-order valence-electron chi connectivity index (χ0n) is 12.2. The van der Waals surface area contributed by atoms with Gasteiger partial charge in [-0.15, -0.1) is 0 Å². The standard InChI is InChI=1S/C16H16F3O2P/c1-11-7-8-14(12(9-11)16(17,18)19)22-15-6-4-3-5-13(15)21-10-20-2/h3-9,22H,10H2,1-2H3. The van der Waals surface area contributed by atoms with Crippen LogP contribution < -0.4 is 15.3 Å². The minimum absolute atomic E-state index is 0.0571. The second kappa shape index (κ2) is 7.12. The molecule has 0 fully saturated rings. The van der Waals surface area contributed by atoms with E-state index in [2.05, 4.69) is 0 Å². The maximum atomic E-state index is 13.2. The summed E-state index contributed by atoms with van der Waals surface area (Å²) >= 11 is 0. The summed E-state index contributed by atoms with van der Waals surface area (Å²) in [6.07, 6.45) is -4.36. The summed E-state index contributed by atoms with van der Waals surface area (Å²) in [4.78, 5) is 0. The molecule has 2 nitrogen and oxygen atoms in total. The molecule has 0 aromatic heterocycles. The summed E-state index contributed by atoms with van der Waals surface area (Å²) in [6, 6.07) is 11.5.